The lowest BCUT2D eigenvalue weighted by molar-refractivity contribution is -0.129. The van der Waals surface area contributed by atoms with Gasteiger partial charge in [0.05, 0.1) is 5.92 Å². The Balaban J connectivity index is 1.51. The first-order chi connectivity index (χ1) is 11.0. The Labute approximate surface area is 137 Å². The Morgan fingerprint density at radius 1 is 1.22 bits per heavy atom. The monoisotopic (exact) mass is 315 g/mol. The van der Waals surface area contributed by atoms with Crippen molar-refractivity contribution in [2.24, 2.45) is 5.92 Å². The Morgan fingerprint density at radius 2 is 1.87 bits per heavy atom. The van der Waals surface area contributed by atoms with E-state index < -0.39 is 0 Å². The summed E-state index contributed by atoms with van der Waals surface area (Å²) in [7, 11) is 3.98. The first-order valence-corrected chi connectivity index (χ1v) is 8.32. The van der Waals surface area contributed by atoms with E-state index in [2.05, 4.69) is 22.3 Å². The zero-order valence-electron chi connectivity index (χ0n) is 13.9. The molecule has 5 nitrogen and oxygen atoms in total. The fourth-order valence-corrected chi connectivity index (χ4v) is 3.46. The van der Waals surface area contributed by atoms with E-state index in [0.29, 0.717) is 19.5 Å². The summed E-state index contributed by atoms with van der Waals surface area (Å²) < 4.78 is 0. The Bertz CT molecular complexity index is 575. The highest BCUT2D eigenvalue weighted by molar-refractivity contribution is 5.89. The van der Waals surface area contributed by atoms with E-state index in [-0.39, 0.29) is 23.8 Å². The number of nitrogens with zero attached hydrogens (tertiary/aromatic N) is 2. The molecular formula is C18H25N3O2. The van der Waals surface area contributed by atoms with Gasteiger partial charge in [0, 0.05) is 32.1 Å². The van der Waals surface area contributed by atoms with Gasteiger partial charge in [-0.25, -0.2) is 0 Å². The van der Waals surface area contributed by atoms with Gasteiger partial charge in [0.25, 0.3) is 0 Å². The van der Waals surface area contributed by atoms with Crippen LogP contribution in [0.2, 0.25) is 0 Å². The molecule has 1 aliphatic carbocycles. The fourth-order valence-electron chi connectivity index (χ4n) is 3.46. The molecule has 1 atom stereocenters. The van der Waals surface area contributed by atoms with Crippen molar-refractivity contribution in [1.82, 2.24) is 15.1 Å². The number of rotatable bonds is 5. The second kappa shape index (κ2) is 6.71. The topological polar surface area (TPSA) is 52.6 Å². The normalized spacial score (nSPS) is 21.1. The number of likely N-dealkylation sites (tertiary alicyclic amines) is 1. The highest BCUT2D eigenvalue weighted by Gasteiger charge is 2.35. The summed E-state index contributed by atoms with van der Waals surface area (Å²) >= 11 is 0. The van der Waals surface area contributed by atoms with Gasteiger partial charge in [0.2, 0.25) is 11.8 Å². The molecule has 1 aromatic rings. The van der Waals surface area contributed by atoms with Gasteiger partial charge in [0.1, 0.15) is 0 Å². The molecule has 1 saturated heterocycles. The Morgan fingerprint density at radius 3 is 2.48 bits per heavy atom. The molecule has 124 valence electrons. The molecule has 0 saturated carbocycles. The van der Waals surface area contributed by atoms with E-state index in [1.807, 2.05) is 31.1 Å². The molecule has 0 spiro atoms. The number of hydrogen-bond acceptors (Lipinski definition) is 3. The first-order valence-electron chi connectivity index (χ1n) is 8.32. The lowest BCUT2D eigenvalue weighted by Crippen LogP contribution is -2.40. The number of carbonyl (C=O) groups is 2. The summed E-state index contributed by atoms with van der Waals surface area (Å²) in [6.07, 6.45) is 2.14. The number of likely N-dealkylation sites (N-methyl/N-ethyl adjacent to an activating group) is 1. The molecule has 1 fully saturated rings. The third-order valence-corrected chi connectivity index (χ3v) is 4.80. The van der Waals surface area contributed by atoms with Crippen molar-refractivity contribution in [2.75, 3.05) is 33.7 Å². The number of hydrogen-bond donors (Lipinski definition) is 1. The maximum atomic E-state index is 12.5. The Kier molecular flexibility index (Phi) is 4.66. The lowest BCUT2D eigenvalue weighted by atomic mass is 10.1. The standard InChI is InChI=1S/C18H25N3O2/c1-20(2)7-8-21-12-15(11-17(21)22)18(23)19-16-9-13-5-3-4-6-14(13)10-16/h3-6,15-16H,7-12H2,1-2H3,(H,19,23). The second-order valence-electron chi connectivity index (χ2n) is 6.93. The van der Waals surface area contributed by atoms with Gasteiger partial charge < -0.3 is 15.1 Å². The van der Waals surface area contributed by atoms with Crippen molar-refractivity contribution in [2.45, 2.75) is 25.3 Å². The fraction of sp³-hybridized carbons (Fsp3) is 0.556. The van der Waals surface area contributed by atoms with Crippen molar-refractivity contribution in [1.29, 1.82) is 0 Å². The minimum absolute atomic E-state index is 0.0310. The molecule has 2 aliphatic rings. The largest absolute Gasteiger partial charge is 0.352 e. The van der Waals surface area contributed by atoms with Gasteiger partial charge in [-0.3, -0.25) is 9.59 Å². The molecule has 3 rings (SSSR count). The molecule has 0 radical (unpaired) electrons. The van der Waals surface area contributed by atoms with Crippen LogP contribution in [-0.2, 0) is 22.4 Å². The smallest absolute Gasteiger partial charge is 0.225 e. The van der Waals surface area contributed by atoms with Gasteiger partial charge in [-0.2, -0.15) is 0 Å². The maximum absolute atomic E-state index is 12.5. The predicted molar refractivity (Wildman–Crippen MR) is 89.0 cm³/mol. The van der Waals surface area contributed by atoms with Crippen LogP contribution in [-0.4, -0.2) is 61.4 Å². The van der Waals surface area contributed by atoms with E-state index in [4.69, 9.17) is 0 Å². The van der Waals surface area contributed by atoms with E-state index >= 15 is 0 Å². The zero-order chi connectivity index (χ0) is 16.4. The number of fused-ring (bicyclic) bond motifs is 1. The van der Waals surface area contributed by atoms with Crippen LogP contribution in [0, 0.1) is 5.92 Å². The average molecular weight is 315 g/mol. The van der Waals surface area contributed by atoms with Crippen molar-refractivity contribution >= 4 is 11.8 Å². The predicted octanol–water partition coefficient (Wildman–Crippen LogP) is 0.680. The van der Waals surface area contributed by atoms with E-state index in [1.165, 1.54) is 11.1 Å². The highest BCUT2D eigenvalue weighted by atomic mass is 16.2. The quantitative estimate of drug-likeness (QED) is 0.869. The average Bonchev–Trinajstić information content (AvgIpc) is 3.07. The highest BCUT2D eigenvalue weighted by Crippen LogP contribution is 2.23. The Hall–Kier alpha value is -1.88. The maximum Gasteiger partial charge on any atom is 0.225 e. The molecule has 23 heavy (non-hydrogen) atoms. The third kappa shape index (κ3) is 3.72. The van der Waals surface area contributed by atoms with Crippen LogP contribution in [0.15, 0.2) is 24.3 Å². The molecule has 2 amide bonds. The van der Waals surface area contributed by atoms with Crippen molar-refractivity contribution in [3.63, 3.8) is 0 Å². The summed E-state index contributed by atoms with van der Waals surface area (Å²) in [5, 5.41) is 3.15. The van der Waals surface area contributed by atoms with Gasteiger partial charge >= 0.3 is 0 Å². The molecule has 0 aromatic heterocycles. The molecule has 1 unspecified atom stereocenters. The van der Waals surface area contributed by atoms with Crippen LogP contribution in [0.25, 0.3) is 0 Å². The van der Waals surface area contributed by atoms with Crippen LogP contribution < -0.4 is 5.32 Å². The molecule has 5 heteroatoms. The van der Waals surface area contributed by atoms with Gasteiger partial charge in [0.15, 0.2) is 0 Å². The van der Waals surface area contributed by atoms with Gasteiger partial charge in [-0.05, 0) is 38.1 Å². The summed E-state index contributed by atoms with van der Waals surface area (Å²) in [5.41, 5.74) is 2.65. The van der Waals surface area contributed by atoms with Crippen LogP contribution in [0.4, 0.5) is 0 Å². The summed E-state index contributed by atoms with van der Waals surface area (Å²) in [5.74, 6) is -0.0707. The van der Waals surface area contributed by atoms with Crippen molar-refractivity contribution in [3.05, 3.63) is 35.4 Å². The summed E-state index contributed by atoms with van der Waals surface area (Å²) in [4.78, 5) is 28.4. The minimum Gasteiger partial charge on any atom is -0.352 e. The van der Waals surface area contributed by atoms with Crippen LogP contribution in [0.3, 0.4) is 0 Å². The van der Waals surface area contributed by atoms with Crippen LogP contribution in [0.1, 0.15) is 17.5 Å². The summed E-state index contributed by atoms with van der Waals surface area (Å²) in [6.45, 7) is 2.08. The first kappa shape index (κ1) is 16.0. The molecule has 1 heterocycles. The molecule has 1 N–H and O–H groups in total. The lowest BCUT2D eigenvalue weighted by Gasteiger charge is -2.19. The van der Waals surface area contributed by atoms with Crippen LogP contribution in [0.5, 0.6) is 0 Å². The third-order valence-electron chi connectivity index (χ3n) is 4.80. The SMILES string of the molecule is CN(C)CCN1CC(C(=O)NC2Cc3ccccc3C2)CC1=O. The van der Waals surface area contributed by atoms with E-state index in [0.717, 1.165) is 19.4 Å². The number of amides is 2. The van der Waals surface area contributed by atoms with E-state index in [1.54, 1.807) is 0 Å². The number of nitrogens with one attached hydrogen (secondary N) is 1. The summed E-state index contributed by atoms with van der Waals surface area (Å²) in [6, 6.07) is 8.52. The van der Waals surface area contributed by atoms with Gasteiger partial charge in [-0.1, -0.05) is 24.3 Å². The molecule has 1 aliphatic heterocycles. The number of carbonyl (C=O) groups excluding carboxylic acids is 2. The van der Waals surface area contributed by atoms with Crippen LogP contribution >= 0.6 is 0 Å². The minimum atomic E-state index is -0.201. The van der Waals surface area contributed by atoms with Crippen molar-refractivity contribution in [3.8, 4) is 0 Å². The molecule has 0 bridgehead atoms. The van der Waals surface area contributed by atoms with Gasteiger partial charge in [-0.15, -0.1) is 0 Å². The van der Waals surface area contributed by atoms with E-state index in [9.17, 15) is 9.59 Å². The zero-order valence-corrected chi connectivity index (χ0v) is 13.9. The number of benzene rings is 1. The molecule has 1 aromatic carbocycles. The second-order valence-corrected chi connectivity index (χ2v) is 6.93. The molecular weight excluding hydrogens is 290 g/mol. The van der Waals surface area contributed by atoms with Crippen molar-refractivity contribution < 1.29 is 9.59 Å².